The molecule has 9 heteroatoms. The maximum Gasteiger partial charge on any atom is 0.175 e. The summed E-state index contributed by atoms with van der Waals surface area (Å²) in [6.45, 7) is 0. The number of ether oxygens (including phenoxy) is 1. The molecule has 31 heavy (non-hydrogen) atoms. The summed E-state index contributed by atoms with van der Waals surface area (Å²) in [5.74, 6) is 1.03. The summed E-state index contributed by atoms with van der Waals surface area (Å²) >= 11 is 7.54. The van der Waals surface area contributed by atoms with Gasteiger partial charge in [-0.25, -0.2) is 19.3 Å². The van der Waals surface area contributed by atoms with Crippen LogP contribution >= 0.6 is 23.4 Å². The molecule has 0 spiro atoms. The van der Waals surface area contributed by atoms with Gasteiger partial charge >= 0.3 is 0 Å². The van der Waals surface area contributed by atoms with Gasteiger partial charge in [-0.05, 0) is 42.5 Å². The third-order valence-electron chi connectivity index (χ3n) is 3.94. The van der Waals surface area contributed by atoms with Gasteiger partial charge in [0.05, 0.1) is 10.6 Å². The Morgan fingerprint density at radius 1 is 1.00 bits per heavy atom. The lowest BCUT2D eigenvalue weighted by Crippen LogP contribution is -2.00. The Morgan fingerprint density at radius 3 is 2.61 bits per heavy atom. The van der Waals surface area contributed by atoms with Crippen LogP contribution in [0.15, 0.2) is 83.1 Å². The summed E-state index contributed by atoms with van der Waals surface area (Å²) in [6, 6.07) is 16.6. The Hall–Kier alpha value is -3.67. The van der Waals surface area contributed by atoms with E-state index in [1.165, 1.54) is 36.2 Å². The molecule has 152 valence electrons. The van der Waals surface area contributed by atoms with Gasteiger partial charge in [-0.2, -0.15) is 5.26 Å². The highest BCUT2D eigenvalue weighted by Crippen LogP contribution is 2.37. The molecule has 1 N–H and O–H groups in total. The largest absolute Gasteiger partial charge is 0.452 e. The summed E-state index contributed by atoms with van der Waals surface area (Å²) < 4.78 is 19.4. The van der Waals surface area contributed by atoms with Gasteiger partial charge in [0, 0.05) is 29.6 Å². The number of halogens is 2. The van der Waals surface area contributed by atoms with Gasteiger partial charge in [0.1, 0.15) is 28.5 Å². The van der Waals surface area contributed by atoms with Crippen LogP contribution in [-0.2, 0) is 0 Å². The number of benzene rings is 1. The van der Waals surface area contributed by atoms with E-state index in [4.69, 9.17) is 21.6 Å². The van der Waals surface area contributed by atoms with Crippen LogP contribution in [-0.4, -0.2) is 15.0 Å². The lowest BCUT2D eigenvalue weighted by molar-refractivity contribution is 0.479. The number of rotatable bonds is 6. The van der Waals surface area contributed by atoms with E-state index in [0.29, 0.717) is 22.9 Å². The smallest absolute Gasteiger partial charge is 0.175 e. The first-order chi connectivity index (χ1) is 15.1. The van der Waals surface area contributed by atoms with Crippen LogP contribution in [0.2, 0.25) is 5.02 Å². The van der Waals surface area contributed by atoms with Gasteiger partial charge in [0.25, 0.3) is 0 Å². The van der Waals surface area contributed by atoms with Gasteiger partial charge in [-0.1, -0.05) is 29.4 Å². The van der Waals surface area contributed by atoms with Crippen molar-refractivity contribution >= 4 is 35.0 Å². The number of anilines is 2. The third kappa shape index (κ3) is 5.28. The maximum atomic E-state index is 13.4. The molecule has 3 heterocycles. The van der Waals surface area contributed by atoms with E-state index >= 15 is 0 Å². The van der Waals surface area contributed by atoms with E-state index in [1.54, 1.807) is 30.6 Å². The molecule has 0 amide bonds. The molecule has 0 aliphatic carbocycles. The highest BCUT2D eigenvalue weighted by atomic mass is 35.5. The average Bonchev–Trinajstić information content (AvgIpc) is 2.78. The molecule has 0 atom stereocenters. The van der Waals surface area contributed by atoms with Gasteiger partial charge in [0.2, 0.25) is 0 Å². The molecule has 6 nitrogen and oxygen atoms in total. The van der Waals surface area contributed by atoms with Crippen molar-refractivity contribution in [3.63, 3.8) is 0 Å². The van der Waals surface area contributed by atoms with Gasteiger partial charge in [-0.3, -0.25) is 0 Å². The molecular weight excluding hydrogens is 437 g/mol. The minimum Gasteiger partial charge on any atom is -0.452 e. The first kappa shape index (κ1) is 20.6. The van der Waals surface area contributed by atoms with Crippen molar-refractivity contribution in [3.8, 4) is 17.6 Å². The van der Waals surface area contributed by atoms with Crippen LogP contribution in [0.4, 0.5) is 16.0 Å². The summed E-state index contributed by atoms with van der Waals surface area (Å²) in [4.78, 5) is 13.7. The van der Waals surface area contributed by atoms with E-state index in [-0.39, 0.29) is 10.8 Å². The maximum absolute atomic E-state index is 13.4. The summed E-state index contributed by atoms with van der Waals surface area (Å²) in [5, 5.41) is 12.9. The molecule has 0 fully saturated rings. The van der Waals surface area contributed by atoms with Gasteiger partial charge < -0.3 is 10.1 Å². The van der Waals surface area contributed by atoms with E-state index in [9.17, 15) is 4.39 Å². The van der Waals surface area contributed by atoms with Crippen molar-refractivity contribution in [1.29, 1.82) is 5.26 Å². The molecule has 4 aromatic rings. The minimum absolute atomic E-state index is 0.130. The number of nitrogens with one attached hydrogen (secondary N) is 1. The second kappa shape index (κ2) is 9.43. The lowest BCUT2D eigenvalue weighted by Gasteiger charge is -2.14. The molecule has 0 saturated carbocycles. The van der Waals surface area contributed by atoms with Crippen molar-refractivity contribution in [2.45, 2.75) is 9.92 Å². The van der Waals surface area contributed by atoms with Crippen LogP contribution in [0, 0.1) is 17.1 Å². The fraction of sp³-hybridized carbons (Fsp3) is 0. The quantitative estimate of drug-likeness (QED) is 0.374. The summed E-state index contributed by atoms with van der Waals surface area (Å²) in [5.41, 5.74) is 0.440. The number of aromatic nitrogens is 3. The molecule has 0 bridgehead atoms. The highest BCUT2D eigenvalue weighted by Gasteiger charge is 2.13. The van der Waals surface area contributed by atoms with Crippen molar-refractivity contribution < 1.29 is 9.13 Å². The van der Waals surface area contributed by atoms with Gasteiger partial charge in [-0.15, -0.1) is 0 Å². The van der Waals surface area contributed by atoms with Crippen molar-refractivity contribution in [2.75, 3.05) is 5.32 Å². The zero-order valence-corrected chi connectivity index (χ0v) is 17.4. The monoisotopic (exact) mass is 449 g/mol. The molecule has 0 aliphatic rings. The minimum atomic E-state index is -0.463. The summed E-state index contributed by atoms with van der Waals surface area (Å²) in [7, 11) is 0. The van der Waals surface area contributed by atoms with Crippen LogP contribution in [0.25, 0.3) is 0 Å². The Balaban J connectivity index is 1.67. The average molecular weight is 450 g/mol. The second-order valence-electron chi connectivity index (χ2n) is 6.13. The van der Waals surface area contributed by atoms with E-state index in [2.05, 4.69) is 20.3 Å². The number of hydrogen-bond acceptors (Lipinski definition) is 7. The number of nitriles is 1. The molecule has 0 saturated heterocycles. The first-order valence-corrected chi connectivity index (χ1v) is 10.2. The zero-order chi connectivity index (χ0) is 21.6. The number of hydrogen-bond donors (Lipinski definition) is 1. The molecule has 0 aliphatic heterocycles. The number of pyridine rings is 3. The predicted molar refractivity (Wildman–Crippen MR) is 116 cm³/mol. The Morgan fingerprint density at radius 2 is 1.90 bits per heavy atom. The number of nitrogens with zero attached hydrogens (tertiary/aromatic N) is 4. The lowest BCUT2D eigenvalue weighted by atomic mass is 10.3. The molecular formula is C22H13ClFN5OS. The zero-order valence-electron chi connectivity index (χ0n) is 15.8. The highest BCUT2D eigenvalue weighted by molar-refractivity contribution is 7.99. The molecule has 0 unspecified atom stereocenters. The Labute approximate surface area is 186 Å². The molecule has 3 aromatic heterocycles. The van der Waals surface area contributed by atoms with Crippen LogP contribution < -0.4 is 10.1 Å². The molecule has 0 radical (unpaired) electrons. The Kier molecular flexibility index (Phi) is 6.26. The molecule has 4 rings (SSSR count). The third-order valence-corrected chi connectivity index (χ3v) is 5.15. The van der Waals surface area contributed by atoms with Crippen LogP contribution in [0.1, 0.15) is 5.56 Å². The fourth-order valence-corrected chi connectivity index (χ4v) is 3.49. The van der Waals surface area contributed by atoms with E-state index in [1.807, 2.05) is 24.3 Å². The predicted octanol–water partition coefficient (Wildman–Crippen LogP) is 6.22. The van der Waals surface area contributed by atoms with Crippen molar-refractivity contribution in [1.82, 2.24) is 15.0 Å². The first-order valence-electron chi connectivity index (χ1n) is 8.96. The topological polar surface area (TPSA) is 83.7 Å². The van der Waals surface area contributed by atoms with Crippen LogP contribution in [0.5, 0.6) is 11.5 Å². The molecule has 1 aromatic carbocycles. The van der Waals surface area contributed by atoms with Gasteiger partial charge in [0.15, 0.2) is 11.6 Å². The van der Waals surface area contributed by atoms with Crippen molar-refractivity contribution in [3.05, 3.63) is 89.6 Å². The second-order valence-corrected chi connectivity index (χ2v) is 7.63. The van der Waals surface area contributed by atoms with Crippen LogP contribution in [0.3, 0.4) is 0 Å². The Bertz CT molecular complexity index is 1250. The summed E-state index contributed by atoms with van der Waals surface area (Å²) in [6.07, 6.45) is 4.83. The van der Waals surface area contributed by atoms with E-state index in [0.717, 1.165) is 9.92 Å². The standard InChI is InChI=1S/C22H13ClFN5OS/c23-17-9-15(24)5-6-18(17)30-19-10-16(31-21-3-1-2-8-26-21)13-28-22(19)29-20-7-4-14(11-25)12-27-20/h1-10,12-13H,(H,27,28,29). The van der Waals surface area contributed by atoms with Crippen molar-refractivity contribution in [2.24, 2.45) is 0 Å². The fourth-order valence-electron chi connectivity index (χ4n) is 2.51. The van der Waals surface area contributed by atoms with E-state index < -0.39 is 5.82 Å². The SMILES string of the molecule is N#Cc1ccc(Nc2ncc(Sc3ccccn3)cc2Oc2ccc(F)cc2Cl)nc1. The normalized spacial score (nSPS) is 10.4.